The van der Waals surface area contributed by atoms with Crippen LogP contribution in [0.3, 0.4) is 0 Å². The second kappa shape index (κ2) is 18.3. The monoisotopic (exact) mass is 725 g/mol. The Hall–Kier alpha value is -6.44. The van der Waals surface area contributed by atoms with Gasteiger partial charge in [-0.2, -0.15) is 0 Å². The third kappa shape index (κ3) is 8.91. The summed E-state index contributed by atoms with van der Waals surface area (Å²) in [4.78, 5) is 0. The average molecular weight is 726 g/mol. The molecule has 1 heterocycles. The summed E-state index contributed by atoms with van der Waals surface area (Å²) < 4.78 is 0. The van der Waals surface area contributed by atoms with Crippen LogP contribution in [0.5, 0.6) is 0 Å². The van der Waals surface area contributed by atoms with Gasteiger partial charge in [0.25, 0.3) is 0 Å². The molecule has 4 aromatic carbocycles. The van der Waals surface area contributed by atoms with Crippen molar-refractivity contribution < 1.29 is 0 Å². The van der Waals surface area contributed by atoms with E-state index in [0.29, 0.717) is 5.92 Å². The van der Waals surface area contributed by atoms with Crippen LogP contribution in [0.4, 0.5) is 5.69 Å². The summed E-state index contributed by atoms with van der Waals surface area (Å²) in [6.45, 7) is 13.9. The molecule has 1 heteroatoms. The number of fused-ring (bicyclic) bond motifs is 3. The largest absolute Gasteiger partial charge is 0.381 e. The molecule has 0 radical (unpaired) electrons. The minimum Gasteiger partial charge on any atom is -0.381 e. The van der Waals surface area contributed by atoms with E-state index in [-0.39, 0.29) is 0 Å². The van der Waals surface area contributed by atoms with Crippen molar-refractivity contribution in [2.24, 2.45) is 5.92 Å². The maximum atomic E-state index is 4.71. The molecule has 1 unspecified atom stereocenters. The minimum atomic E-state index is 0.297. The normalized spacial score (nSPS) is 21.9. The number of nitrogens with one attached hydrogen (secondary N) is 1. The maximum absolute atomic E-state index is 4.71. The number of benzene rings is 4. The zero-order chi connectivity index (χ0) is 38.7. The summed E-state index contributed by atoms with van der Waals surface area (Å²) in [7, 11) is 0. The molecule has 0 fully saturated rings. The number of rotatable bonds is 7. The van der Waals surface area contributed by atoms with Gasteiger partial charge in [-0.15, -0.1) is 0 Å². The fourth-order valence-corrected chi connectivity index (χ4v) is 7.76. The molecule has 1 aliphatic heterocycles. The third-order valence-electron chi connectivity index (χ3n) is 10.7. The summed E-state index contributed by atoms with van der Waals surface area (Å²) >= 11 is 0. The van der Waals surface area contributed by atoms with E-state index in [1.807, 2.05) is 12.2 Å². The molecule has 1 atom stereocenters. The molecule has 1 N–H and O–H groups in total. The topological polar surface area (TPSA) is 12.0 Å². The summed E-state index contributed by atoms with van der Waals surface area (Å²) in [5, 5.41) is 6.03. The molecule has 1 nitrogen and oxygen atoms in total. The Bertz CT molecular complexity index is 2550. The zero-order valence-electron chi connectivity index (χ0n) is 32.7. The van der Waals surface area contributed by atoms with Crippen molar-refractivity contribution in [1.82, 2.24) is 0 Å². The van der Waals surface area contributed by atoms with Gasteiger partial charge in [-0.3, -0.25) is 0 Å². The fourth-order valence-electron chi connectivity index (χ4n) is 7.76. The van der Waals surface area contributed by atoms with Gasteiger partial charge in [0.2, 0.25) is 0 Å². The molecule has 0 saturated carbocycles. The Kier molecular flexibility index (Phi) is 12.3. The van der Waals surface area contributed by atoms with Crippen LogP contribution in [0.15, 0.2) is 212 Å². The van der Waals surface area contributed by atoms with Crippen molar-refractivity contribution >= 4 is 28.5 Å². The molecule has 0 amide bonds. The quantitative estimate of drug-likeness (QED) is 0.187. The van der Waals surface area contributed by atoms with Crippen LogP contribution in [0.2, 0.25) is 0 Å². The van der Waals surface area contributed by atoms with Gasteiger partial charge in [0.15, 0.2) is 0 Å². The van der Waals surface area contributed by atoms with Gasteiger partial charge < -0.3 is 5.32 Å². The van der Waals surface area contributed by atoms with Crippen LogP contribution in [0.1, 0.15) is 46.7 Å². The first kappa shape index (κ1) is 37.9. The first-order chi connectivity index (χ1) is 27.5. The molecular weight excluding hydrogens is 675 g/mol. The van der Waals surface area contributed by atoms with Gasteiger partial charge >= 0.3 is 0 Å². The average Bonchev–Trinajstić information content (AvgIpc) is 3.27. The van der Waals surface area contributed by atoms with Crippen LogP contribution in [0, 0.1) is 12.8 Å². The number of hydrogen-bond donors (Lipinski definition) is 1. The van der Waals surface area contributed by atoms with E-state index >= 15 is 0 Å². The van der Waals surface area contributed by atoms with Crippen molar-refractivity contribution in [3.63, 3.8) is 0 Å². The van der Waals surface area contributed by atoms with Crippen LogP contribution in [-0.2, 0) is 12.8 Å². The highest BCUT2D eigenvalue weighted by Gasteiger charge is 2.20. The van der Waals surface area contributed by atoms with E-state index < -0.39 is 0 Å². The summed E-state index contributed by atoms with van der Waals surface area (Å²) in [6.07, 6.45) is 37.5. The van der Waals surface area contributed by atoms with E-state index in [0.717, 1.165) is 31.4 Å². The van der Waals surface area contributed by atoms with Crippen molar-refractivity contribution in [1.29, 1.82) is 0 Å². The van der Waals surface area contributed by atoms with Crippen molar-refractivity contribution in [3.8, 4) is 0 Å². The maximum Gasteiger partial charge on any atom is 0.0378 e. The molecule has 0 spiro atoms. The minimum absolute atomic E-state index is 0.297. The Balaban J connectivity index is 1.32. The van der Waals surface area contributed by atoms with Gasteiger partial charge in [-0.25, -0.2) is 0 Å². The van der Waals surface area contributed by atoms with Gasteiger partial charge in [-0.05, 0) is 121 Å². The zero-order valence-corrected chi connectivity index (χ0v) is 32.7. The molecule has 276 valence electrons. The second-order valence-corrected chi connectivity index (χ2v) is 14.6. The Morgan fingerprint density at radius 1 is 0.804 bits per heavy atom. The highest BCUT2D eigenvalue weighted by molar-refractivity contribution is 5.89. The molecule has 4 aromatic rings. The first-order valence-corrected chi connectivity index (χ1v) is 19.8. The SMILES string of the molecule is C=C/C=C\C=C1/CC(C(=C)/C=C\c2cc(/C3=C/C(C)/C=C\C=C/Cc4ccccc43)ccc2C)=c2ccccc2=C1C1=C/Cc2ccccc2NC/C=C/C=C\1. The van der Waals surface area contributed by atoms with Gasteiger partial charge in [0, 0.05) is 12.2 Å². The highest BCUT2D eigenvalue weighted by atomic mass is 14.9. The van der Waals surface area contributed by atoms with Crippen LogP contribution in [0.25, 0.3) is 22.8 Å². The smallest absolute Gasteiger partial charge is 0.0378 e. The molecule has 2 aliphatic carbocycles. The Labute approximate surface area is 333 Å². The van der Waals surface area contributed by atoms with Crippen molar-refractivity contribution in [2.75, 3.05) is 11.9 Å². The molecule has 3 aliphatic rings. The first-order valence-electron chi connectivity index (χ1n) is 19.8. The molecule has 0 bridgehead atoms. The number of allylic oxidation sites excluding steroid dienone is 17. The number of hydrogen-bond acceptors (Lipinski definition) is 1. The van der Waals surface area contributed by atoms with Crippen molar-refractivity contribution in [2.45, 2.75) is 33.1 Å². The lowest BCUT2D eigenvalue weighted by Crippen LogP contribution is -2.33. The van der Waals surface area contributed by atoms with E-state index in [4.69, 9.17) is 6.58 Å². The van der Waals surface area contributed by atoms with Gasteiger partial charge in [0.1, 0.15) is 0 Å². The molecule has 0 saturated heterocycles. The van der Waals surface area contributed by atoms with Gasteiger partial charge in [0.05, 0.1) is 0 Å². The lowest BCUT2D eigenvalue weighted by Gasteiger charge is -2.22. The van der Waals surface area contributed by atoms with Crippen LogP contribution >= 0.6 is 0 Å². The van der Waals surface area contributed by atoms with Crippen LogP contribution < -0.4 is 15.8 Å². The van der Waals surface area contributed by atoms with E-state index in [9.17, 15) is 0 Å². The number of aryl methyl sites for hydroxylation is 1. The molecule has 0 aromatic heterocycles. The Morgan fingerprint density at radius 2 is 1.59 bits per heavy atom. The highest BCUT2D eigenvalue weighted by Crippen LogP contribution is 2.34. The van der Waals surface area contributed by atoms with E-state index in [1.165, 1.54) is 77.4 Å². The summed E-state index contributed by atoms with van der Waals surface area (Å²) in [6, 6.07) is 33.1. The van der Waals surface area contributed by atoms with Crippen molar-refractivity contribution in [3.05, 3.63) is 256 Å². The standard InChI is InChI=1S/C55H51N/c1-5-6-9-25-48-39-52(50-27-16-17-28-51(50)55(48)45-24-12-8-19-36-56-54-29-18-14-23-44(54)34-35-45)42(4)31-32-46-38-47(33-30-41(46)3)53-37-40(2)20-10-7-11-21-43-22-13-15-26-49(43)53/h5-20,22-33,35,37-38,40,56H,1,4,21,34,36,39H2,2-3H3/b9-6-,11-7-,19-8+,20-10-,24-12-,32-31-,45-35+,48-25+,53-37-. The summed E-state index contributed by atoms with van der Waals surface area (Å²) in [5.74, 6) is 0.297. The second-order valence-electron chi connectivity index (χ2n) is 14.6. The number of anilines is 1. The lowest BCUT2D eigenvalue weighted by molar-refractivity contribution is 0.940. The summed E-state index contributed by atoms with van der Waals surface area (Å²) in [5.41, 5.74) is 16.0. The fraction of sp³-hybridized carbons (Fsp3) is 0.127. The molecule has 7 rings (SSSR count). The van der Waals surface area contributed by atoms with Gasteiger partial charge in [-0.1, -0.05) is 196 Å². The van der Waals surface area contributed by atoms with E-state index in [1.54, 1.807) is 0 Å². The molecule has 56 heavy (non-hydrogen) atoms. The predicted molar refractivity (Wildman–Crippen MR) is 244 cm³/mol. The van der Waals surface area contributed by atoms with Crippen LogP contribution in [-0.4, -0.2) is 6.54 Å². The lowest BCUT2D eigenvalue weighted by atomic mass is 9.82. The van der Waals surface area contributed by atoms with E-state index in [2.05, 4.69) is 202 Å². The predicted octanol–water partition coefficient (Wildman–Crippen LogP) is 12.1. The Morgan fingerprint density at radius 3 is 2.46 bits per heavy atom. The third-order valence-corrected chi connectivity index (χ3v) is 10.7. The number of para-hydroxylation sites is 1. The molecular formula is C55H51N.